The molecule has 5 heteroatoms. The summed E-state index contributed by atoms with van der Waals surface area (Å²) in [6, 6.07) is 6.39. The van der Waals surface area contributed by atoms with Crippen molar-refractivity contribution >= 4 is 5.91 Å². The van der Waals surface area contributed by atoms with E-state index >= 15 is 0 Å². The normalized spacial score (nSPS) is 14.8. The third-order valence-electron chi connectivity index (χ3n) is 4.70. The van der Waals surface area contributed by atoms with Crippen molar-refractivity contribution in [1.29, 1.82) is 0 Å². The van der Waals surface area contributed by atoms with Crippen LogP contribution in [0.25, 0.3) is 5.69 Å². The van der Waals surface area contributed by atoms with Crippen LogP contribution < -0.4 is 0 Å². The fourth-order valence-corrected chi connectivity index (χ4v) is 3.49. The van der Waals surface area contributed by atoms with Crippen LogP contribution in [0.5, 0.6) is 0 Å². The highest BCUT2D eigenvalue weighted by molar-refractivity contribution is 5.97. The summed E-state index contributed by atoms with van der Waals surface area (Å²) in [5, 5.41) is 4.74. The molecular formula is C20H26FN3O. The van der Waals surface area contributed by atoms with Gasteiger partial charge in [0.1, 0.15) is 5.82 Å². The molecule has 1 aliphatic rings. The SMILES string of the molecule is CC(C)c1nn(-c2cccc(F)c2)c(C(C)C)c1C(=O)N1CCCC1. The van der Waals surface area contributed by atoms with Crippen molar-refractivity contribution in [2.75, 3.05) is 13.1 Å². The van der Waals surface area contributed by atoms with Gasteiger partial charge in [-0.1, -0.05) is 33.8 Å². The summed E-state index contributed by atoms with van der Waals surface area (Å²) >= 11 is 0. The van der Waals surface area contributed by atoms with Crippen LogP contribution in [0.3, 0.4) is 0 Å². The number of carbonyl (C=O) groups excluding carboxylic acids is 1. The zero-order valence-corrected chi connectivity index (χ0v) is 15.4. The minimum absolute atomic E-state index is 0.0625. The molecule has 1 aliphatic heterocycles. The summed E-state index contributed by atoms with van der Waals surface area (Å²) in [6.45, 7) is 9.81. The number of hydrogen-bond donors (Lipinski definition) is 0. The molecule has 4 nitrogen and oxygen atoms in total. The first-order chi connectivity index (χ1) is 11.9. The van der Waals surface area contributed by atoms with Crippen molar-refractivity contribution in [3.63, 3.8) is 0 Å². The molecular weight excluding hydrogens is 317 g/mol. The van der Waals surface area contributed by atoms with Crippen LogP contribution in [0.2, 0.25) is 0 Å². The van der Waals surface area contributed by atoms with Gasteiger partial charge in [0, 0.05) is 13.1 Å². The Morgan fingerprint density at radius 1 is 1.12 bits per heavy atom. The molecule has 1 saturated heterocycles. The highest BCUT2D eigenvalue weighted by atomic mass is 19.1. The summed E-state index contributed by atoms with van der Waals surface area (Å²) in [5.41, 5.74) is 3.03. The molecule has 0 unspecified atom stereocenters. The van der Waals surface area contributed by atoms with E-state index in [1.165, 1.54) is 12.1 Å². The smallest absolute Gasteiger partial charge is 0.257 e. The van der Waals surface area contributed by atoms with E-state index in [2.05, 4.69) is 13.8 Å². The number of carbonyl (C=O) groups is 1. The van der Waals surface area contributed by atoms with Crippen molar-refractivity contribution in [3.8, 4) is 5.69 Å². The minimum atomic E-state index is -0.304. The Hall–Kier alpha value is -2.17. The predicted octanol–water partition coefficient (Wildman–Crippen LogP) is 4.49. The number of benzene rings is 1. The summed E-state index contributed by atoms with van der Waals surface area (Å²) in [5.74, 6) is -0.0209. The molecule has 25 heavy (non-hydrogen) atoms. The zero-order valence-electron chi connectivity index (χ0n) is 15.4. The third kappa shape index (κ3) is 3.32. The van der Waals surface area contributed by atoms with Crippen molar-refractivity contribution in [2.45, 2.75) is 52.4 Å². The minimum Gasteiger partial charge on any atom is -0.339 e. The fraction of sp³-hybridized carbons (Fsp3) is 0.500. The highest BCUT2D eigenvalue weighted by Gasteiger charge is 2.31. The fourth-order valence-electron chi connectivity index (χ4n) is 3.49. The molecule has 2 heterocycles. The van der Waals surface area contributed by atoms with E-state index < -0.39 is 0 Å². The second kappa shape index (κ2) is 6.98. The third-order valence-corrected chi connectivity index (χ3v) is 4.70. The average molecular weight is 343 g/mol. The molecule has 0 saturated carbocycles. The Morgan fingerprint density at radius 3 is 2.36 bits per heavy atom. The molecule has 0 bridgehead atoms. The predicted molar refractivity (Wildman–Crippen MR) is 96.8 cm³/mol. The van der Waals surface area contributed by atoms with Crippen LogP contribution in [0.4, 0.5) is 4.39 Å². The van der Waals surface area contributed by atoms with Crippen LogP contribution in [0, 0.1) is 5.82 Å². The Labute approximate surface area is 148 Å². The first-order valence-electron chi connectivity index (χ1n) is 9.08. The maximum absolute atomic E-state index is 13.7. The van der Waals surface area contributed by atoms with Gasteiger partial charge in [0.25, 0.3) is 5.91 Å². The first-order valence-corrected chi connectivity index (χ1v) is 9.08. The lowest BCUT2D eigenvalue weighted by molar-refractivity contribution is 0.0789. The van der Waals surface area contributed by atoms with Gasteiger partial charge in [-0.2, -0.15) is 5.10 Å². The lowest BCUT2D eigenvalue weighted by Gasteiger charge is -2.19. The molecule has 3 rings (SSSR count). The lowest BCUT2D eigenvalue weighted by Crippen LogP contribution is -2.29. The van der Waals surface area contributed by atoms with Crippen LogP contribution in [0.15, 0.2) is 24.3 Å². The van der Waals surface area contributed by atoms with E-state index in [1.807, 2.05) is 24.8 Å². The molecule has 0 N–H and O–H groups in total. The molecule has 134 valence electrons. The van der Waals surface area contributed by atoms with Gasteiger partial charge in [-0.15, -0.1) is 0 Å². The Morgan fingerprint density at radius 2 is 1.80 bits per heavy atom. The molecule has 1 aromatic carbocycles. The van der Waals surface area contributed by atoms with E-state index in [1.54, 1.807) is 10.7 Å². The van der Waals surface area contributed by atoms with Crippen LogP contribution in [-0.4, -0.2) is 33.7 Å². The van der Waals surface area contributed by atoms with E-state index in [0.717, 1.165) is 37.3 Å². The molecule has 1 fully saturated rings. The van der Waals surface area contributed by atoms with Crippen LogP contribution in [-0.2, 0) is 0 Å². The number of halogens is 1. The average Bonchev–Trinajstić information content (AvgIpc) is 3.22. The molecule has 1 amide bonds. The number of likely N-dealkylation sites (tertiary alicyclic amines) is 1. The molecule has 0 atom stereocenters. The summed E-state index contributed by atoms with van der Waals surface area (Å²) < 4.78 is 15.5. The number of nitrogens with zero attached hydrogens (tertiary/aromatic N) is 3. The largest absolute Gasteiger partial charge is 0.339 e. The Kier molecular flexibility index (Phi) is 4.93. The monoisotopic (exact) mass is 343 g/mol. The second-order valence-corrected chi connectivity index (χ2v) is 7.35. The van der Waals surface area contributed by atoms with E-state index in [0.29, 0.717) is 11.3 Å². The summed E-state index contributed by atoms with van der Waals surface area (Å²) in [6.07, 6.45) is 2.11. The second-order valence-electron chi connectivity index (χ2n) is 7.35. The van der Waals surface area contributed by atoms with Crippen LogP contribution >= 0.6 is 0 Å². The molecule has 0 spiro atoms. The van der Waals surface area contributed by atoms with Crippen molar-refractivity contribution in [1.82, 2.24) is 14.7 Å². The zero-order chi connectivity index (χ0) is 18.1. The number of rotatable bonds is 4. The number of amides is 1. The van der Waals surface area contributed by atoms with Gasteiger partial charge in [-0.3, -0.25) is 4.79 Å². The van der Waals surface area contributed by atoms with E-state index in [9.17, 15) is 9.18 Å². The number of aromatic nitrogens is 2. The van der Waals surface area contributed by atoms with Crippen molar-refractivity contribution in [3.05, 3.63) is 47.0 Å². The van der Waals surface area contributed by atoms with E-state index in [4.69, 9.17) is 5.10 Å². The van der Waals surface area contributed by atoms with Crippen molar-refractivity contribution < 1.29 is 9.18 Å². The Bertz CT molecular complexity index is 773. The maximum Gasteiger partial charge on any atom is 0.257 e. The van der Waals surface area contributed by atoms with Gasteiger partial charge in [0.2, 0.25) is 0 Å². The lowest BCUT2D eigenvalue weighted by atomic mass is 9.97. The van der Waals surface area contributed by atoms with Gasteiger partial charge < -0.3 is 4.90 Å². The summed E-state index contributed by atoms with van der Waals surface area (Å²) in [4.78, 5) is 15.1. The number of hydrogen-bond acceptors (Lipinski definition) is 2. The topological polar surface area (TPSA) is 38.1 Å². The van der Waals surface area contributed by atoms with Gasteiger partial charge >= 0.3 is 0 Å². The summed E-state index contributed by atoms with van der Waals surface area (Å²) in [7, 11) is 0. The van der Waals surface area contributed by atoms with E-state index in [-0.39, 0.29) is 23.6 Å². The Balaban J connectivity index is 2.20. The van der Waals surface area contributed by atoms with Crippen molar-refractivity contribution in [2.24, 2.45) is 0 Å². The molecule has 0 radical (unpaired) electrons. The highest BCUT2D eigenvalue weighted by Crippen LogP contribution is 2.31. The van der Waals surface area contributed by atoms with Gasteiger partial charge in [0.15, 0.2) is 0 Å². The standard InChI is InChI=1S/C20H26FN3O/c1-13(2)18-17(20(25)23-10-5-6-11-23)19(14(3)4)24(22-18)16-9-7-8-15(21)12-16/h7-9,12-14H,5-6,10-11H2,1-4H3. The molecule has 0 aliphatic carbocycles. The molecule has 2 aromatic rings. The van der Waals surface area contributed by atoms with Gasteiger partial charge in [0.05, 0.1) is 22.6 Å². The van der Waals surface area contributed by atoms with Crippen LogP contribution in [0.1, 0.15) is 74.1 Å². The van der Waals surface area contributed by atoms with Gasteiger partial charge in [-0.25, -0.2) is 9.07 Å². The molecule has 1 aromatic heterocycles. The quantitative estimate of drug-likeness (QED) is 0.820. The first kappa shape index (κ1) is 17.6. The maximum atomic E-state index is 13.7. The van der Waals surface area contributed by atoms with Gasteiger partial charge in [-0.05, 0) is 42.9 Å².